The molecule has 1 aromatic carbocycles. The molecule has 3 heterocycles. The minimum atomic E-state index is 0.0540. The number of thiazole rings is 1. The van der Waals surface area contributed by atoms with Crippen molar-refractivity contribution in [3.05, 3.63) is 45.9 Å². The molecule has 3 fully saturated rings. The number of carbonyl (C=O) groups is 2. The maximum atomic E-state index is 13.2. The van der Waals surface area contributed by atoms with Crippen LogP contribution in [-0.2, 0) is 11.4 Å². The van der Waals surface area contributed by atoms with Gasteiger partial charge in [0, 0.05) is 42.5 Å². The summed E-state index contributed by atoms with van der Waals surface area (Å²) in [5.74, 6) is 1.45. The summed E-state index contributed by atoms with van der Waals surface area (Å²) in [4.78, 5) is 34.1. The molecular weight excluding hydrogens is 398 g/mol. The van der Waals surface area contributed by atoms with Crippen molar-refractivity contribution >= 4 is 23.2 Å². The van der Waals surface area contributed by atoms with E-state index in [-0.39, 0.29) is 5.91 Å². The molecule has 6 nitrogen and oxygen atoms in total. The molecule has 0 bridgehead atoms. The van der Waals surface area contributed by atoms with Gasteiger partial charge in [-0.2, -0.15) is 0 Å². The van der Waals surface area contributed by atoms with Gasteiger partial charge in [0.2, 0.25) is 5.91 Å². The van der Waals surface area contributed by atoms with Crippen LogP contribution in [0.15, 0.2) is 29.6 Å². The third kappa shape index (κ3) is 3.95. The quantitative estimate of drug-likeness (QED) is 0.734. The van der Waals surface area contributed by atoms with Gasteiger partial charge in [0.15, 0.2) is 0 Å². The number of hydrogen-bond acceptors (Lipinski definition) is 5. The van der Waals surface area contributed by atoms with E-state index in [1.807, 2.05) is 41.5 Å². The molecule has 2 saturated heterocycles. The highest BCUT2D eigenvalue weighted by molar-refractivity contribution is 7.09. The molecule has 1 aromatic heterocycles. The highest BCUT2D eigenvalue weighted by Crippen LogP contribution is 2.39. The predicted octanol–water partition coefficient (Wildman–Crippen LogP) is 3.65. The summed E-state index contributed by atoms with van der Waals surface area (Å²) >= 11 is 1.60. The smallest absolute Gasteiger partial charge is 0.253 e. The summed E-state index contributed by atoms with van der Waals surface area (Å²) in [5.41, 5.74) is 1.56. The highest BCUT2D eigenvalue weighted by Gasteiger charge is 2.45. The summed E-state index contributed by atoms with van der Waals surface area (Å²) in [6, 6.07) is 8.21. The summed E-state index contributed by atoms with van der Waals surface area (Å²) in [6.45, 7) is 3.83. The van der Waals surface area contributed by atoms with Crippen LogP contribution in [-0.4, -0.2) is 51.8 Å². The molecule has 1 aliphatic carbocycles. The van der Waals surface area contributed by atoms with Crippen LogP contribution in [0.2, 0.25) is 0 Å². The predicted molar refractivity (Wildman–Crippen MR) is 115 cm³/mol. The van der Waals surface area contributed by atoms with Gasteiger partial charge in [-0.05, 0) is 56.7 Å². The number of benzene rings is 1. The number of ether oxygens (including phenoxy) is 1. The number of carbonyl (C=O) groups excluding carboxylic acids is 2. The van der Waals surface area contributed by atoms with E-state index < -0.39 is 0 Å². The zero-order valence-corrected chi connectivity index (χ0v) is 18.1. The lowest BCUT2D eigenvalue weighted by atomic mass is 9.83. The third-order valence-electron chi connectivity index (χ3n) is 6.43. The number of aryl methyl sites for hydroxylation is 1. The van der Waals surface area contributed by atoms with Crippen molar-refractivity contribution in [2.75, 3.05) is 13.1 Å². The number of hydrogen-bond donors (Lipinski definition) is 0. The molecule has 2 amide bonds. The summed E-state index contributed by atoms with van der Waals surface area (Å²) in [7, 11) is 0. The van der Waals surface area contributed by atoms with Gasteiger partial charge in [0.05, 0.1) is 10.7 Å². The third-order valence-corrected chi connectivity index (χ3v) is 7.25. The Morgan fingerprint density at radius 3 is 2.90 bits per heavy atom. The minimum Gasteiger partial charge on any atom is -0.487 e. The number of piperidine rings is 2. The Morgan fingerprint density at radius 2 is 2.13 bits per heavy atom. The number of rotatable bonds is 5. The lowest BCUT2D eigenvalue weighted by molar-refractivity contribution is -0.141. The Morgan fingerprint density at radius 1 is 1.27 bits per heavy atom. The van der Waals surface area contributed by atoms with Crippen molar-refractivity contribution in [2.45, 2.75) is 57.7 Å². The molecule has 0 radical (unpaired) electrons. The molecule has 2 aromatic rings. The van der Waals surface area contributed by atoms with Gasteiger partial charge < -0.3 is 14.5 Å². The van der Waals surface area contributed by atoms with Crippen molar-refractivity contribution in [1.82, 2.24) is 14.8 Å². The largest absolute Gasteiger partial charge is 0.487 e. The number of nitrogens with zero attached hydrogens (tertiary/aromatic N) is 3. The van der Waals surface area contributed by atoms with E-state index in [0.717, 1.165) is 42.9 Å². The molecule has 7 heteroatoms. The molecule has 158 valence electrons. The van der Waals surface area contributed by atoms with Crippen molar-refractivity contribution in [2.24, 2.45) is 5.92 Å². The molecular formula is C23H27N3O3S. The number of fused-ring (bicyclic) bond motifs is 1. The Bertz CT molecular complexity index is 955. The Hall–Kier alpha value is -2.41. The molecule has 2 atom stereocenters. The average Bonchev–Trinajstić information content (AvgIpc) is 3.51. The molecule has 0 N–H and O–H groups in total. The standard InChI is InChI=1S/C23H27N3O3S/c1-15-24-18(14-30-15)13-29-20-4-2-3-16(11-20)23(28)25-10-9-21-17(12-25)5-8-22(27)26(21)19-6-7-19/h2-4,11,14,17,19,21H,5-10,12-13H2,1H3/t17-,21-/m0/s1. The van der Waals surface area contributed by atoms with E-state index >= 15 is 0 Å². The van der Waals surface area contributed by atoms with Gasteiger partial charge >= 0.3 is 0 Å². The van der Waals surface area contributed by atoms with Crippen LogP contribution in [0.4, 0.5) is 0 Å². The number of likely N-dealkylation sites (tertiary alicyclic amines) is 2. The topological polar surface area (TPSA) is 62.7 Å². The van der Waals surface area contributed by atoms with Crippen molar-refractivity contribution in [3.63, 3.8) is 0 Å². The van der Waals surface area contributed by atoms with Gasteiger partial charge in [0.25, 0.3) is 5.91 Å². The van der Waals surface area contributed by atoms with E-state index in [4.69, 9.17) is 4.74 Å². The first kappa shape index (κ1) is 19.5. The Labute approximate surface area is 180 Å². The Kier molecular flexibility index (Phi) is 5.23. The van der Waals surface area contributed by atoms with Crippen LogP contribution in [0.1, 0.15) is 53.2 Å². The van der Waals surface area contributed by atoms with E-state index in [2.05, 4.69) is 9.88 Å². The fourth-order valence-corrected chi connectivity index (χ4v) is 5.43. The van der Waals surface area contributed by atoms with Crippen LogP contribution in [0.3, 0.4) is 0 Å². The van der Waals surface area contributed by atoms with Crippen LogP contribution < -0.4 is 4.74 Å². The fraction of sp³-hybridized carbons (Fsp3) is 0.522. The average molecular weight is 426 g/mol. The van der Waals surface area contributed by atoms with Gasteiger partial charge in [0.1, 0.15) is 12.4 Å². The molecule has 1 saturated carbocycles. The second kappa shape index (κ2) is 8.02. The van der Waals surface area contributed by atoms with Gasteiger partial charge in [-0.25, -0.2) is 4.98 Å². The normalized spacial score (nSPS) is 24.0. The maximum absolute atomic E-state index is 13.2. The van der Waals surface area contributed by atoms with Crippen LogP contribution in [0.25, 0.3) is 0 Å². The lowest BCUT2D eigenvalue weighted by Crippen LogP contribution is -2.57. The zero-order valence-electron chi connectivity index (χ0n) is 17.3. The first-order valence-electron chi connectivity index (χ1n) is 10.8. The zero-order chi connectivity index (χ0) is 20.7. The van der Waals surface area contributed by atoms with E-state index in [9.17, 15) is 9.59 Å². The molecule has 0 unspecified atom stereocenters. The molecule has 3 aliphatic rings. The molecule has 0 spiro atoms. The fourth-order valence-electron chi connectivity index (χ4n) is 4.84. The van der Waals surface area contributed by atoms with Crippen LogP contribution in [0.5, 0.6) is 5.75 Å². The first-order valence-corrected chi connectivity index (χ1v) is 11.7. The van der Waals surface area contributed by atoms with Gasteiger partial charge in [-0.3, -0.25) is 9.59 Å². The van der Waals surface area contributed by atoms with E-state index in [1.165, 1.54) is 0 Å². The minimum absolute atomic E-state index is 0.0540. The van der Waals surface area contributed by atoms with Crippen LogP contribution in [0, 0.1) is 12.8 Å². The van der Waals surface area contributed by atoms with Crippen molar-refractivity contribution in [1.29, 1.82) is 0 Å². The lowest BCUT2D eigenvalue weighted by Gasteiger charge is -2.47. The van der Waals surface area contributed by atoms with Gasteiger partial charge in [-0.1, -0.05) is 6.07 Å². The Balaban J connectivity index is 1.23. The van der Waals surface area contributed by atoms with E-state index in [0.29, 0.717) is 54.8 Å². The van der Waals surface area contributed by atoms with Gasteiger partial charge in [-0.15, -0.1) is 11.3 Å². The van der Waals surface area contributed by atoms with Crippen molar-refractivity contribution in [3.8, 4) is 5.75 Å². The monoisotopic (exact) mass is 425 g/mol. The molecule has 30 heavy (non-hydrogen) atoms. The SMILES string of the molecule is Cc1nc(COc2cccc(C(=O)N3CC[C@H]4[C@@H](CCC(=O)N4C4CC4)C3)c2)cs1. The highest BCUT2D eigenvalue weighted by atomic mass is 32.1. The van der Waals surface area contributed by atoms with Crippen LogP contribution >= 0.6 is 11.3 Å². The molecule has 5 rings (SSSR count). The number of aromatic nitrogens is 1. The molecule has 2 aliphatic heterocycles. The second-order valence-electron chi connectivity index (χ2n) is 8.61. The summed E-state index contributed by atoms with van der Waals surface area (Å²) in [5, 5.41) is 3.01. The first-order chi connectivity index (χ1) is 14.6. The van der Waals surface area contributed by atoms with E-state index in [1.54, 1.807) is 11.3 Å². The second-order valence-corrected chi connectivity index (χ2v) is 9.67. The summed E-state index contributed by atoms with van der Waals surface area (Å²) in [6.07, 6.45) is 4.69. The van der Waals surface area contributed by atoms with Crippen molar-refractivity contribution < 1.29 is 14.3 Å². The summed E-state index contributed by atoms with van der Waals surface area (Å²) < 4.78 is 5.86. The number of amides is 2. The maximum Gasteiger partial charge on any atom is 0.253 e.